The number of amides is 2. The molecule has 1 atom stereocenters. The van der Waals surface area contributed by atoms with Crippen LogP contribution in [0.15, 0.2) is 16.8 Å². The van der Waals surface area contributed by atoms with Gasteiger partial charge in [0.05, 0.1) is 6.42 Å². The van der Waals surface area contributed by atoms with Crippen LogP contribution < -0.4 is 0 Å². The van der Waals surface area contributed by atoms with Gasteiger partial charge in [0.25, 0.3) is 5.91 Å². The maximum absolute atomic E-state index is 12.4. The van der Waals surface area contributed by atoms with Gasteiger partial charge >= 0.3 is 0 Å². The predicted octanol–water partition coefficient (Wildman–Crippen LogP) is 1.53. The fraction of sp³-hybridized carbons (Fsp3) is 0.625. The normalized spacial score (nSPS) is 22.6. The molecular weight excluding hydrogens is 300 g/mol. The zero-order chi connectivity index (χ0) is 15.4. The number of rotatable bonds is 3. The van der Waals surface area contributed by atoms with Gasteiger partial charge in [-0.25, -0.2) is 0 Å². The first kappa shape index (κ1) is 15.5. The van der Waals surface area contributed by atoms with E-state index in [1.165, 1.54) is 0 Å². The van der Waals surface area contributed by atoms with Gasteiger partial charge in [0.15, 0.2) is 0 Å². The van der Waals surface area contributed by atoms with Gasteiger partial charge in [0.2, 0.25) is 5.91 Å². The highest BCUT2D eigenvalue weighted by Gasteiger charge is 2.30. The Morgan fingerprint density at radius 1 is 1.18 bits per heavy atom. The lowest BCUT2D eigenvalue weighted by Crippen LogP contribution is -2.42. The molecule has 3 rings (SSSR count). The first-order valence-corrected chi connectivity index (χ1v) is 8.87. The van der Waals surface area contributed by atoms with Crippen LogP contribution in [0.1, 0.15) is 24.8 Å². The van der Waals surface area contributed by atoms with E-state index in [2.05, 4.69) is 0 Å². The number of thiophene rings is 1. The number of ether oxygens (including phenoxy) is 1. The van der Waals surface area contributed by atoms with Gasteiger partial charge in [0.1, 0.15) is 6.10 Å². The first-order valence-electron chi connectivity index (χ1n) is 7.93. The predicted molar refractivity (Wildman–Crippen MR) is 84.8 cm³/mol. The van der Waals surface area contributed by atoms with Crippen molar-refractivity contribution in [2.75, 3.05) is 32.8 Å². The molecule has 0 aromatic carbocycles. The highest BCUT2D eigenvalue weighted by Crippen LogP contribution is 2.16. The van der Waals surface area contributed by atoms with Crippen molar-refractivity contribution in [3.63, 3.8) is 0 Å². The number of hydrogen-bond acceptors (Lipinski definition) is 4. The summed E-state index contributed by atoms with van der Waals surface area (Å²) in [6.07, 6.45) is 2.84. The lowest BCUT2D eigenvalue weighted by Gasteiger charge is -2.24. The lowest BCUT2D eigenvalue weighted by atomic mass is 10.2. The first-order chi connectivity index (χ1) is 10.7. The quantitative estimate of drug-likeness (QED) is 0.848. The minimum atomic E-state index is -0.256. The van der Waals surface area contributed by atoms with E-state index in [-0.39, 0.29) is 17.9 Å². The van der Waals surface area contributed by atoms with Gasteiger partial charge in [-0.05, 0) is 41.7 Å². The van der Waals surface area contributed by atoms with Crippen molar-refractivity contribution in [2.45, 2.75) is 31.8 Å². The van der Waals surface area contributed by atoms with Gasteiger partial charge < -0.3 is 14.5 Å². The topological polar surface area (TPSA) is 49.9 Å². The van der Waals surface area contributed by atoms with Gasteiger partial charge in [-0.2, -0.15) is 11.3 Å². The summed E-state index contributed by atoms with van der Waals surface area (Å²) in [6.45, 7) is 3.39. The Bertz CT molecular complexity index is 511. The molecule has 0 N–H and O–H groups in total. The zero-order valence-electron chi connectivity index (χ0n) is 12.7. The molecule has 0 aliphatic carbocycles. The molecule has 2 aliphatic rings. The van der Waals surface area contributed by atoms with Gasteiger partial charge in [-0.15, -0.1) is 0 Å². The van der Waals surface area contributed by atoms with E-state index < -0.39 is 0 Å². The summed E-state index contributed by atoms with van der Waals surface area (Å²) in [5.74, 6) is 0.259. The number of hydrogen-bond donors (Lipinski definition) is 0. The molecule has 0 saturated carbocycles. The molecule has 3 heterocycles. The molecule has 2 fully saturated rings. The third-order valence-corrected chi connectivity index (χ3v) is 5.03. The van der Waals surface area contributed by atoms with Crippen molar-refractivity contribution >= 4 is 23.2 Å². The van der Waals surface area contributed by atoms with Crippen LogP contribution in [0.5, 0.6) is 0 Å². The van der Waals surface area contributed by atoms with E-state index in [1.807, 2.05) is 26.6 Å². The minimum Gasteiger partial charge on any atom is -0.368 e. The lowest BCUT2D eigenvalue weighted by molar-refractivity contribution is -0.141. The van der Waals surface area contributed by atoms with Crippen molar-refractivity contribution < 1.29 is 14.3 Å². The molecule has 0 bridgehead atoms. The molecule has 1 aromatic heterocycles. The molecule has 2 saturated heterocycles. The fourth-order valence-corrected chi connectivity index (χ4v) is 3.71. The van der Waals surface area contributed by atoms with E-state index in [4.69, 9.17) is 4.74 Å². The van der Waals surface area contributed by atoms with Crippen molar-refractivity contribution in [3.8, 4) is 0 Å². The van der Waals surface area contributed by atoms with E-state index >= 15 is 0 Å². The van der Waals surface area contributed by atoms with Crippen molar-refractivity contribution in [2.24, 2.45) is 0 Å². The average Bonchev–Trinajstić information content (AvgIpc) is 3.16. The Morgan fingerprint density at radius 3 is 2.73 bits per heavy atom. The molecule has 120 valence electrons. The van der Waals surface area contributed by atoms with Crippen LogP contribution >= 0.6 is 11.3 Å². The number of carbonyl (C=O) groups excluding carboxylic acids is 2. The van der Waals surface area contributed by atoms with Gasteiger partial charge in [0, 0.05) is 32.8 Å². The fourth-order valence-electron chi connectivity index (χ4n) is 3.04. The summed E-state index contributed by atoms with van der Waals surface area (Å²) >= 11 is 1.61. The summed E-state index contributed by atoms with van der Waals surface area (Å²) in [6, 6.07) is 1.99. The minimum absolute atomic E-state index is 0.102. The SMILES string of the molecule is O=C(Cc1ccsc1)N1CCCN(C(=O)[C@H]2CCCO2)CC1. The van der Waals surface area contributed by atoms with Crippen LogP contribution in [0, 0.1) is 0 Å². The Balaban J connectivity index is 1.53. The molecule has 2 aliphatic heterocycles. The summed E-state index contributed by atoms with van der Waals surface area (Å²) in [5.41, 5.74) is 1.08. The molecule has 22 heavy (non-hydrogen) atoms. The molecule has 1 aromatic rings. The van der Waals surface area contributed by atoms with Crippen LogP contribution in [0.2, 0.25) is 0 Å². The Labute approximate surface area is 134 Å². The number of nitrogens with zero attached hydrogens (tertiary/aromatic N) is 2. The molecule has 5 nitrogen and oxygen atoms in total. The van der Waals surface area contributed by atoms with Gasteiger partial charge in [-0.1, -0.05) is 0 Å². The summed E-state index contributed by atoms with van der Waals surface area (Å²) < 4.78 is 5.48. The second kappa shape index (κ2) is 7.24. The average molecular weight is 322 g/mol. The molecule has 2 amide bonds. The number of carbonyl (C=O) groups is 2. The standard InChI is InChI=1S/C16H22N2O3S/c19-15(11-13-4-10-22-12-13)17-5-2-6-18(8-7-17)16(20)14-3-1-9-21-14/h4,10,12,14H,1-3,5-9,11H2/t14-/m1/s1. The van der Waals surface area contributed by atoms with Crippen LogP contribution in [0.4, 0.5) is 0 Å². The van der Waals surface area contributed by atoms with E-state index in [9.17, 15) is 9.59 Å². The highest BCUT2D eigenvalue weighted by atomic mass is 32.1. The molecule has 0 unspecified atom stereocenters. The third-order valence-electron chi connectivity index (χ3n) is 4.30. The molecule has 0 radical (unpaired) electrons. The second-order valence-electron chi connectivity index (χ2n) is 5.87. The Morgan fingerprint density at radius 2 is 2.00 bits per heavy atom. The summed E-state index contributed by atoms with van der Waals surface area (Å²) in [7, 11) is 0. The van der Waals surface area contributed by atoms with E-state index in [0.717, 1.165) is 37.9 Å². The molecular formula is C16H22N2O3S. The van der Waals surface area contributed by atoms with Gasteiger partial charge in [-0.3, -0.25) is 9.59 Å². The van der Waals surface area contributed by atoms with E-state index in [0.29, 0.717) is 26.1 Å². The third kappa shape index (κ3) is 3.67. The van der Waals surface area contributed by atoms with Crippen LogP contribution in [0.3, 0.4) is 0 Å². The van der Waals surface area contributed by atoms with E-state index in [1.54, 1.807) is 11.3 Å². The van der Waals surface area contributed by atoms with Crippen molar-refractivity contribution in [3.05, 3.63) is 22.4 Å². The Kier molecular flexibility index (Phi) is 5.10. The maximum atomic E-state index is 12.4. The van der Waals surface area contributed by atoms with Crippen molar-refractivity contribution in [1.29, 1.82) is 0 Å². The summed E-state index contributed by atoms with van der Waals surface area (Å²) in [4.78, 5) is 28.5. The van der Waals surface area contributed by atoms with Crippen LogP contribution in [-0.2, 0) is 20.7 Å². The zero-order valence-corrected chi connectivity index (χ0v) is 13.5. The van der Waals surface area contributed by atoms with Crippen molar-refractivity contribution in [1.82, 2.24) is 9.80 Å². The Hall–Kier alpha value is -1.40. The monoisotopic (exact) mass is 322 g/mol. The molecule has 0 spiro atoms. The highest BCUT2D eigenvalue weighted by molar-refractivity contribution is 7.07. The largest absolute Gasteiger partial charge is 0.368 e. The smallest absolute Gasteiger partial charge is 0.251 e. The maximum Gasteiger partial charge on any atom is 0.251 e. The van der Waals surface area contributed by atoms with Crippen LogP contribution in [-0.4, -0.2) is 60.5 Å². The summed E-state index contributed by atoms with van der Waals surface area (Å²) in [5, 5.41) is 4.01. The van der Waals surface area contributed by atoms with Crippen LogP contribution in [0.25, 0.3) is 0 Å². The second-order valence-corrected chi connectivity index (χ2v) is 6.65. The molecule has 6 heteroatoms.